The fourth-order valence-electron chi connectivity index (χ4n) is 4.22. The molecule has 4 rings (SSSR count). The van der Waals surface area contributed by atoms with Crippen molar-refractivity contribution in [2.75, 3.05) is 32.8 Å². The zero-order valence-corrected chi connectivity index (χ0v) is 16.2. The summed E-state index contributed by atoms with van der Waals surface area (Å²) in [5, 5.41) is 1.60. The Morgan fingerprint density at radius 2 is 2.24 bits per heavy atom. The van der Waals surface area contributed by atoms with Gasteiger partial charge in [-0.05, 0) is 37.3 Å². The van der Waals surface area contributed by atoms with Crippen molar-refractivity contribution in [1.29, 1.82) is 0 Å². The predicted octanol–water partition coefficient (Wildman–Crippen LogP) is 1.32. The van der Waals surface area contributed by atoms with Gasteiger partial charge in [-0.1, -0.05) is 0 Å². The van der Waals surface area contributed by atoms with E-state index in [0.29, 0.717) is 32.8 Å². The number of hydrogen-bond acceptors (Lipinski definition) is 5. The molecule has 1 aromatic rings. The number of carbonyl (C=O) groups is 1. The van der Waals surface area contributed by atoms with Gasteiger partial charge < -0.3 is 9.64 Å². The van der Waals surface area contributed by atoms with Gasteiger partial charge in [-0.15, -0.1) is 11.3 Å². The van der Waals surface area contributed by atoms with Gasteiger partial charge in [0.05, 0.1) is 23.9 Å². The number of ether oxygens (including phenoxy) is 1. The lowest BCUT2D eigenvalue weighted by Gasteiger charge is -2.35. The minimum Gasteiger partial charge on any atom is -0.380 e. The highest BCUT2D eigenvalue weighted by Gasteiger charge is 2.59. The Bertz CT molecular complexity index is 788. The van der Waals surface area contributed by atoms with Gasteiger partial charge in [0.2, 0.25) is 15.9 Å². The molecule has 8 heteroatoms. The van der Waals surface area contributed by atoms with Gasteiger partial charge in [-0.25, -0.2) is 12.7 Å². The molecule has 6 nitrogen and oxygen atoms in total. The number of amides is 1. The molecule has 2 fully saturated rings. The van der Waals surface area contributed by atoms with E-state index in [2.05, 4.69) is 11.4 Å². The average Bonchev–Trinajstić information content (AvgIpc) is 3.26. The number of hydrogen-bond donors (Lipinski definition) is 0. The second kappa shape index (κ2) is 6.04. The Hall–Kier alpha value is -0.960. The quantitative estimate of drug-likeness (QED) is 0.788. The van der Waals surface area contributed by atoms with Crippen molar-refractivity contribution in [1.82, 2.24) is 9.21 Å². The lowest BCUT2D eigenvalue weighted by atomic mass is 9.79. The van der Waals surface area contributed by atoms with Crippen LogP contribution in [0.4, 0.5) is 0 Å². The number of thiophene rings is 1. The van der Waals surface area contributed by atoms with Crippen molar-refractivity contribution in [2.45, 2.75) is 32.1 Å². The molecule has 3 aliphatic heterocycles. The van der Waals surface area contributed by atoms with Crippen LogP contribution in [0.1, 0.15) is 24.3 Å². The summed E-state index contributed by atoms with van der Waals surface area (Å²) in [5.74, 6) is 0.0192. The van der Waals surface area contributed by atoms with E-state index < -0.39 is 20.7 Å². The fraction of sp³-hybridized carbons (Fsp3) is 0.706. The molecule has 138 valence electrons. The largest absolute Gasteiger partial charge is 0.380 e. The van der Waals surface area contributed by atoms with Crippen LogP contribution in [0.25, 0.3) is 0 Å². The number of rotatable bonds is 3. The zero-order valence-electron chi connectivity index (χ0n) is 14.6. The van der Waals surface area contributed by atoms with Gasteiger partial charge in [0.1, 0.15) is 0 Å². The summed E-state index contributed by atoms with van der Waals surface area (Å²) in [6, 6.07) is 2.09. The van der Waals surface area contributed by atoms with E-state index in [1.54, 1.807) is 25.2 Å². The predicted molar refractivity (Wildman–Crippen MR) is 95.8 cm³/mol. The van der Waals surface area contributed by atoms with E-state index in [1.165, 1.54) is 14.7 Å². The van der Waals surface area contributed by atoms with Crippen molar-refractivity contribution in [2.24, 2.45) is 11.3 Å². The second-order valence-corrected chi connectivity index (χ2v) is 11.1. The van der Waals surface area contributed by atoms with Crippen LogP contribution in [-0.4, -0.2) is 61.6 Å². The normalized spacial score (nSPS) is 29.9. The molecule has 0 N–H and O–H groups in total. The van der Waals surface area contributed by atoms with Gasteiger partial charge in [0.15, 0.2) is 0 Å². The highest BCUT2D eigenvalue weighted by Crippen LogP contribution is 2.45. The molecule has 2 saturated heterocycles. The molecule has 1 aromatic heterocycles. The van der Waals surface area contributed by atoms with Gasteiger partial charge in [0.25, 0.3) is 0 Å². The second-order valence-electron chi connectivity index (χ2n) is 7.60. The summed E-state index contributed by atoms with van der Waals surface area (Å²) < 4.78 is 32.3. The number of sulfonamides is 1. The maximum atomic E-state index is 13.4. The Balaban J connectivity index is 1.59. The molecule has 2 atom stereocenters. The standard InChI is InChI=1S/C17H24N2O4S2/c1-12(2)25(21,22)19-8-14-9-23-11-17(14,10-19)16(20)18-5-3-15-13(7-18)4-6-24-15/h4,6,12,14H,3,5,7-11H2,1-2H3/t14-,17-/m1/s1. The maximum Gasteiger partial charge on any atom is 0.233 e. The summed E-state index contributed by atoms with van der Waals surface area (Å²) in [6.45, 7) is 6.16. The first-order valence-electron chi connectivity index (χ1n) is 8.76. The highest BCUT2D eigenvalue weighted by atomic mass is 32.2. The molecule has 0 saturated carbocycles. The van der Waals surface area contributed by atoms with Gasteiger partial charge in [-0.2, -0.15) is 0 Å². The maximum absolute atomic E-state index is 13.4. The molecule has 1 amide bonds. The van der Waals surface area contributed by atoms with Gasteiger partial charge in [-0.3, -0.25) is 4.79 Å². The Morgan fingerprint density at radius 1 is 1.44 bits per heavy atom. The summed E-state index contributed by atoms with van der Waals surface area (Å²) in [5.41, 5.74) is 0.510. The zero-order chi connectivity index (χ0) is 17.8. The summed E-state index contributed by atoms with van der Waals surface area (Å²) >= 11 is 1.75. The minimum atomic E-state index is -3.35. The molecule has 0 aromatic carbocycles. The molecule has 0 aliphatic carbocycles. The van der Waals surface area contributed by atoms with E-state index in [9.17, 15) is 13.2 Å². The Labute approximate surface area is 152 Å². The van der Waals surface area contributed by atoms with E-state index in [-0.39, 0.29) is 18.4 Å². The number of nitrogens with zero attached hydrogens (tertiary/aromatic N) is 2. The van der Waals surface area contributed by atoms with Crippen molar-refractivity contribution in [3.63, 3.8) is 0 Å². The molecule has 0 spiro atoms. The van der Waals surface area contributed by atoms with Crippen LogP contribution in [-0.2, 0) is 32.5 Å². The van der Waals surface area contributed by atoms with Crippen LogP contribution < -0.4 is 0 Å². The fourth-order valence-corrected chi connectivity index (χ4v) is 6.50. The molecule has 0 radical (unpaired) electrons. The first kappa shape index (κ1) is 17.5. The van der Waals surface area contributed by atoms with Crippen LogP contribution in [0.3, 0.4) is 0 Å². The molecule has 25 heavy (non-hydrogen) atoms. The van der Waals surface area contributed by atoms with Gasteiger partial charge >= 0.3 is 0 Å². The molecule has 0 bridgehead atoms. The van der Waals surface area contributed by atoms with Crippen molar-refractivity contribution in [3.05, 3.63) is 21.9 Å². The van der Waals surface area contributed by atoms with Crippen LogP contribution in [0, 0.1) is 11.3 Å². The first-order valence-corrected chi connectivity index (χ1v) is 11.1. The minimum absolute atomic E-state index is 0.0441. The Kier molecular flexibility index (Phi) is 4.22. The lowest BCUT2D eigenvalue weighted by Crippen LogP contribution is -2.50. The molecule has 3 aliphatic rings. The van der Waals surface area contributed by atoms with Crippen LogP contribution in [0.2, 0.25) is 0 Å². The third-order valence-corrected chi connectivity index (χ3v) is 9.03. The lowest BCUT2D eigenvalue weighted by molar-refractivity contribution is -0.143. The molecule has 4 heterocycles. The summed E-state index contributed by atoms with van der Waals surface area (Å²) in [6.07, 6.45) is 0.883. The van der Waals surface area contributed by atoms with Crippen LogP contribution >= 0.6 is 11.3 Å². The van der Waals surface area contributed by atoms with Crippen LogP contribution in [0.15, 0.2) is 11.4 Å². The van der Waals surface area contributed by atoms with Crippen molar-refractivity contribution >= 4 is 27.3 Å². The summed E-state index contributed by atoms with van der Waals surface area (Å²) in [7, 11) is -3.35. The number of carbonyl (C=O) groups excluding carboxylic acids is 1. The smallest absolute Gasteiger partial charge is 0.233 e. The summed E-state index contributed by atoms with van der Waals surface area (Å²) in [4.78, 5) is 16.7. The monoisotopic (exact) mass is 384 g/mol. The highest BCUT2D eigenvalue weighted by molar-refractivity contribution is 7.89. The van der Waals surface area contributed by atoms with Gasteiger partial charge in [0, 0.05) is 37.0 Å². The first-order chi connectivity index (χ1) is 11.8. The van der Waals surface area contributed by atoms with Crippen molar-refractivity contribution < 1.29 is 17.9 Å². The molecular formula is C17H24N2O4S2. The van der Waals surface area contributed by atoms with E-state index in [4.69, 9.17) is 4.74 Å². The average molecular weight is 385 g/mol. The van der Waals surface area contributed by atoms with Crippen molar-refractivity contribution in [3.8, 4) is 0 Å². The van der Waals surface area contributed by atoms with E-state index >= 15 is 0 Å². The Morgan fingerprint density at radius 3 is 3.00 bits per heavy atom. The van der Waals surface area contributed by atoms with Crippen LogP contribution in [0.5, 0.6) is 0 Å². The molecular weight excluding hydrogens is 360 g/mol. The SMILES string of the molecule is CC(C)S(=O)(=O)N1C[C@@H]2COC[C@]2(C(=O)N2CCc3sccc3C2)C1. The third-order valence-electron chi connectivity index (χ3n) is 5.82. The van der Waals surface area contributed by atoms with E-state index in [1.807, 2.05) is 4.90 Å². The topological polar surface area (TPSA) is 66.9 Å². The third kappa shape index (κ3) is 2.65. The van der Waals surface area contributed by atoms with E-state index in [0.717, 1.165) is 6.42 Å². The molecule has 0 unspecified atom stereocenters. The number of fused-ring (bicyclic) bond motifs is 2.